The highest BCUT2D eigenvalue weighted by atomic mass is 19.1. The third-order valence-corrected chi connectivity index (χ3v) is 4.10. The third kappa shape index (κ3) is 3.42. The first-order valence-corrected chi connectivity index (χ1v) is 7.84. The summed E-state index contributed by atoms with van der Waals surface area (Å²) < 4.78 is 13.1. The van der Waals surface area contributed by atoms with Gasteiger partial charge < -0.3 is 5.73 Å². The van der Waals surface area contributed by atoms with Crippen molar-refractivity contribution in [2.45, 2.75) is 5.92 Å². The van der Waals surface area contributed by atoms with E-state index < -0.39 is 0 Å². The average Bonchev–Trinajstić information content (AvgIpc) is 2.64. The van der Waals surface area contributed by atoms with Crippen LogP contribution in [0.15, 0.2) is 78.9 Å². The Morgan fingerprint density at radius 1 is 0.833 bits per heavy atom. The van der Waals surface area contributed by atoms with Gasteiger partial charge in [-0.15, -0.1) is 0 Å². The molecule has 3 aromatic rings. The molecule has 0 saturated carbocycles. The smallest absolute Gasteiger partial charge is 0.193 e. The molecule has 0 aliphatic heterocycles. The average molecular weight is 319 g/mol. The van der Waals surface area contributed by atoms with Crippen molar-refractivity contribution in [2.75, 3.05) is 6.54 Å². The van der Waals surface area contributed by atoms with Crippen LogP contribution in [0.1, 0.15) is 33.0 Å². The minimum absolute atomic E-state index is 0.0210. The van der Waals surface area contributed by atoms with Gasteiger partial charge in [-0.3, -0.25) is 4.79 Å². The Morgan fingerprint density at radius 3 is 2.17 bits per heavy atom. The summed E-state index contributed by atoms with van der Waals surface area (Å²) in [6.45, 7) is 0.384. The van der Waals surface area contributed by atoms with Crippen molar-refractivity contribution in [2.24, 2.45) is 5.73 Å². The Kier molecular flexibility index (Phi) is 4.82. The van der Waals surface area contributed by atoms with Gasteiger partial charge in [0.1, 0.15) is 5.82 Å². The number of hydrogen-bond donors (Lipinski definition) is 1. The second kappa shape index (κ2) is 7.20. The fourth-order valence-corrected chi connectivity index (χ4v) is 2.81. The molecule has 3 rings (SSSR count). The summed E-state index contributed by atoms with van der Waals surface area (Å²) >= 11 is 0. The van der Waals surface area contributed by atoms with Gasteiger partial charge in [0, 0.05) is 23.6 Å². The van der Waals surface area contributed by atoms with Gasteiger partial charge in [-0.2, -0.15) is 0 Å². The Bertz CT molecular complexity index is 828. The number of carbonyl (C=O) groups excluding carboxylic acids is 1. The van der Waals surface area contributed by atoms with Crippen LogP contribution >= 0.6 is 0 Å². The van der Waals surface area contributed by atoms with Crippen LogP contribution in [0.4, 0.5) is 4.39 Å². The molecule has 0 aliphatic carbocycles. The molecule has 0 amide bonds. The zero-order valence-electron chi connectivity index (χ0n) is 13.2. The Labute approximate surface area is 140 Å². The summed E-state index contributed by atoms with van der Waals surface area (Å²) in [5.74, 6) is -0.371. The first kappa shape index (κ1) is 16.1. The zero-order valence-corrected chi connectivity index (χ0v) is 13.2. The van der Waals surface area contributed by atoms with E-state index in [-0.39, 0.29) is 17.5 Å². The SMILES string of the molecule is NCC(c1ccc(F)cc1)c1cccc(C(=O)c2ccccc2)c1. The Balaban J connectivity index is 1.94. The lowest BCUT2D eigenvalue weighted by Crippen LogP contribution is -2.14. The molecule has 2 N–H and O–H groups in total. The van der Waals surface area contributed by atoms with Gasteiger partial charge in [0.25, 0.3) is 0 Å². The van der Waals surface area contributed by atoms with Gasteiger partial charge in [-0.05, 0) is 29.3 Å². The van der Waals surface area contributed by atoms with Crippen LogP contribution in [0, 0.1) is 5.82 Å². The minimum Gasteiger partial charge on any atom is -0.330 e. The predicted octanol–water partition coefficient (Wildman–Crippen LogP) is 4.15. The fraction of sp³-hybridized carbons (Fsp3) is 0.0952. The zero-order chi connectivity index (χ0) is 16.9. The molecular weight excluding hydrogens is 301 g/mol. The number of hydrogen-bond acceptors (Lipinski definition) is 2. The highest BCUT2D eigenvalue weighted by molar-refractivity contribution is 6.09. The Hall–Kier alpha value is -2.78. The van der Waals surface area contributed by atoms with Gasteiger partial charge in [-0.1, -0.05) is 60.7 Å². The lowest BCUT2D eigenvalue weighted by molar-refractivity contribution is 0.103. The van der Waals surface area contributed by atoms with Crippen molar-refractivity contribution in [3.05, 3.63) is 107 Å². The normalized spacial score (nSPS) is 11.9. The summed E-state index contributed by atoms with van der Waals surface area (Å²) in [6, 6.07) is 23.0. The summed E-state index contributed by atoms with van der Waals surface area (Å²) in [7, 11) is 0. The molecule has 3 aromatic carbocycles. The number of carbonyl (C=O) groups is 1. The molecule has 0 saturated heterocycles. The van der Waals surface area contributed by atoms with E-state index in [1.54, 1.807) is 30.3 Å². The maximum atomic E-state index is 13.1. The van der Waals surface area contributed by atoms with Crippen molar-refractivity contribution in [1.82, 2.24) is 0 Å². The monoisotopic (exact) mass is 319 g/mol. The van der Waals surface area contributed by atoms with Gasteiger partial charge in [-0.25, -0.2) is 4.39 Å². The molecule has 0 aliphatic rings. The lowest BCUT2D eigenvalue weighted by atomic mass is 9.89. The number of nitrogens with two attached hydrogens (primary N) is 1. The van der Waals surface area contributed by atoms with Crippen molar-refractivity contribution in [3.63, 3.8) is 0 Å². The molecule has 0 spiro atoms. The first-order valence-electron chi connectivity index (χ1n) is 7.84. The van der Waals surface area contributed by atoms with Crippen LogP contribution in [-0.2, 0) is 0 Å². The number of ketones is 1. The van der Waals surface area contributed by atoms with Crippen molar-refractivity contribution >= 4 is 5.78 Å². The van der Waals surface area contributed by atoms with E-state index >= 15 is 0 Å². The molecule has 24 heavy (non-hydrogen) atoms. The molecule has 0 fully saturated rings. The molecular formula is C21H18FNO. The van der Waals surface area contributed by atoms with Crippen molar-refractivity contribution in [3.8, 4) is 0 Å². The predicted molar refractivity (Wildman–Crippen MR) is 93.6 cm³/mol. The summed E-state index contributed by atoms with van der Waals surface area (Å²) in [6.07, 6.45) is 0. The molecule has 0 aromatic heterocycles. The summed E-state index contributed by atoms with van der Waals surface area (Å²) in [5, 5.41) is 0. The quantitative estimate of drug-likeness (QED) is 0.718. The molecule has 1 atom stereocenters. The van der Waals surface area contributed by atoms with Gasteiger partial charge >= 0.3 is 0 Å². The molecule has 120 valence electrons. The van der Waals surface area contributed by atoms with Crippen LogP contribution in [0.2, 0.25) is 0 Å². The van der Waals surface area contributed by atoms with E-state index in [2.05, 4.69) is 0 Å². The van der Waals surface area contributed by atoms with Crippen LogP contribution in [0.3, 0.4) is 0 Å². The van der Waals surface area contributed by atoms with Gasteiger partial charge in [0.2, 0.25) is 0 Å². The van der Waals surface area contributed by atoms with E-state index in [1.165, 1.54) is 12.1 Å². The number of benzene rings is 3. The maximum absolute atomic E-state index is 13.1. The standard InChI is InChI=1S/C21H18FNO/c22-19-11-9-15(10-12-19)20(14-23)17-7-4-8-18(13-17)21(24)16-5-2-1-3-6-16/h1-13,20H,14,23H2. The van der Waals surface area contributed by atoms with Crippen LogP contribution in [0.25, 0.3) is 0 Å². The fourth-order valence-electron chi connectivity index (χ4n) is 2.81. The summed E-state index contributed by atoms with van der Waals surface area (Å²) in [4.78, 5) is 12.6. The Morgan fingerprint density at radius 2 is 1.50 bits per heavy atom. The minimum atomic E-state index is -0.275. The van der Waals surface area contributed by atoms with E-state index in [9.17, 15) is 9.18 Å². The number of rotatable bonds is 5. The second-order valence-corrected chi connectivity index (χ2v) is 5.66. The van der Waals surface area contributed by atoms with E-state index in [1.807, 2.05) is 36.4 Å². The largest absolute Gasteiger partial charge is 0.330 e. The highest BCUT2D eigenvalue weighted by Crippen LogP contribution is 2.25. The topological polar surface area (TPSA) is 43.1 Å². The highest BCUT2D eigenvalue weighted by Gasteiger charge is 2.15. The second-order valence-electron chi connectivity index (χ2n) is 5.66. The van der Waals surface area contributed by atoms with Gasteiger partial charge in [0.15, 0.2) is 5.78 Å². The van der Waals surface area contributed by atoms with Crippen molar-refractivity contribution < 1.29 is 9.18 Å². The molecule has 0 heterocycles. The maximum Gasteiger partial charge on any atom is 0.193 e. The number of halogens is 1. The lowest BCUT2D eigenvalue weighted by Gasteiger charge is -2.16. The van der Waals surface area contributed by atoms with Gasteiger partial charge in [0.05, 0.1) is 0 Å². The molecule has 0 radical (unpaired) electrons. The van der Waals surface area contributed by atoms with Crippen LogP contribution < -0.4 is 5.73 Å². The van der Waals surface area contributed by atoms with Crippen LogP contribution in [0.5, 0.6) is 0 Å². The third-order valence-electron chi connectivity index (χ3n) is 4.10. The molecule has 1 unspecified atom stereocenters. The van der Waals surface area contributed by atoms with E-state index in [0.29, 0.717) is 17.7 Å². The molecule has 2 nitrogen and oxygen atoms in total. The van der Waals surface area contributed by atoms with E-state index in [0.717, 1.165) is 11.1 Å². The first-order chi connectivity index (χ1) is 11.7. The summed E-state index contributed by atoms with van der Waals surface area (Å²) in [5.41, 5.74) is 9.09. The molecule has 3 heteroatoms. The molecule has 0 bridgehead atoms. The van der Waals surface area contributed by atoms with Crippen molar-refractivity contribution in [1.29, 1.82) is 0 Å². The van der Waals surface area contributed by atoms with E-state index in [4.69, 9.17) is 5.73 Å². The van der Waals surface area contributed by atoms with Crippen LogP contribution in [-0.4, -0.2) is 12.3 Å².